The number of benzene rings is 1. The molecule has 1 aliphatic heterocycles. The van der Waals surface area contributed by atoms with Crippen molar-refractivity contribution in [3.8, 4) is 21.8 Å². The van der Waals surface area contributed by atoms with Crippen LogP contribution in [0.1, 0.15) is 37.8 Å². The van der Waals surface area contributed by atoms with E-state index in [-0.39, 0.29) is 11.9 Å². The van der Waals surface area contributed by atoms with Crippen molar-refractivity contribution in [2.24, 2.45) is 0 Å². The Balaban J connectivity index is 1.77. The van der Waals surface area contributed by atoms with Gasteiger partial charge in [-0.05, 0) is 69.0 Å². The van der Waals surface area contributed by atoms with Gasteiger partial charge in [0.1, 0.15) is 5.01 Å². The predicted molar refractivity (Wildman–Crippen MR) is 111 cm³/mol. The minimum Gasteiger partial charge on any atom is -0.310 e. The van der Waals surface area contributed by atoms with Crippen molar-refractivity contribution in [1.82, 2.24) is 9.97 Å². The number of aryl methyl sites for hydroxylation is 2. The molecule has 138 valence electrons. The molecular weight excluding hydrogens is 354 g/mol. The van der Waals surface area contributed by atoms with Gasteiger partial charge >= 0.3 is 0 Å². The fourth-order valence-electron chi connectivity index (χ4n) is 3.71. The van der Waals surface area contributed by atoms with Crippen LogP contribution in [0.5, 0.6) is 0 Å². The van der Waals surface area contributed by atoms with Crippen LogP contribution in [0.2, 0.25) is 0 Å². The summed E-state index contributed by atoms with van der Waals surface area (Å²) >= 11 is 1.65. The molecule has 0 N–H and O–H groups in total. The Morgan fingerprint density at radius 3 is 2.67 bits per heavy atom. The molecule has 0 fully saturated rings. The smallest absolute Gasteiger partial charge is 0.227 e. The molecule has 4 rings (SSSR count). The number of fused-ring (bicyclic) bond motifs is 1. The van der Waals surface area contributed by atoms with Crippen molar-refractivity contribution in [1.29, 1.82) is 0 Å². The monoisotopic (exact) mass is 377 g/mol. The number of aromatic nitrogens is 2. The van der Waals surface area contributed by atoms with E-state index in [9.17, 15) is 4.79 Å². The average Bonchev–Trinajstić information content (AvgIpc) is 3.07. The zero-order chi connectivity index (χ0) is 19.0. The number of hydrogen-bond acceptors (Lipinski definition) is 4. The maximum Gasteiger partial charge on any atom is 0.227 e. The zero-order valence-corrected chi connectivity index (χ0v) is 16.7. The molecular formula is C22H23N3OS. The van der Waals surface area contributed by atoms with Gasteiger partial charge in [0.05, 0.1) is 5.69 Å². The molecule has 3 heterocycles. The highest BCUT2D eigenvalue weighted by Gasteiger charge is 2.25. The molecule has 0 unspecified atom stereocenters. The van der Waals surface area contributed by atoms with Gasteiger partial charge in [0.25, 0.3) is 0 Å². The van der Waals surface area contributed by atoms with Gasteiger partial charge in [-0.3, -0.25) is 9.78 Å². The Morgan fingerprint density at radius 1 is 1.15 bits per heavy atom. The minimum absolute atomic E-state index is 0.164. The molecule has 5 heteroatoms. The van der Waals surface area contributed by atoms with Gasteiger partial charge in [-0.25, -0.2) is 4.98 Å². The third-order valence-electron chi connectivity index (χ3n) is 5.01. The van der Waals surface area contributed by atoms with E-state index in [2.05, 4.69) is 43.3 Å². The first-order valence-electron chi connectivity index (χ1n) is 9.36. The molecule has 0 spiro atoms. The number of carbonyl (C=O) groups excluding carboxylic acids is 1. The molecule has 0 bridgehead atoms. The van der Waals surface area contributed by atoms with Crippen LogP contribution in [0.25, 0.3) is 21.8 Å². The summed E-state index contributed by atoms with van der Waals surface area (Å²) in [6.45, 7) is 6.27. The summed E-state index contributed by atoms with van der Waals surface area (Å²) in [6.07, 6.45) is 6.03. The maximum absolute atomic E-state index is 12.6. The van der Waals surface area contributed by atoms with Crippen LogP contribution >= 0.6 is 11.3 Å². The number of amides is 1. The van der Waals surface area contributed by atoms with Gasteiger partial charge in [-0.1, -0.05) is 0 Å². The lowest BCUT2D eigenvalue weighted by molar-refractivity contribution is -0.118. The quantitative estimate of drug-likeness (QED) is 0.625. The van der Waals surface area contributed by atoms with Gasteiger partial charge in [0, 0.05) is 47.1 Å². The predicted octanol–water partition coefficient (Wildman–Crippen LogP) is 5.26. The van der Waals surface area contributed by atoms with Crippen molar-refractivity contribution in [2.75, 3.05) is 4.90 Å². The number of rotatable bonds is 3. The van der Waals surface area contributed by atoms with Gasteiger partial charge in [0.15, 0.2) is 0 Å². The Hall–Kier alpha value is -2.53. The largest absolute Gasteiger partial charge is 0.310 e. The lowest BCUT2D eigenvalue weighted by atomic mass is 9.98. The molecule has 0 saturated carbocycles. The summed E-state index contributed by atoms with van der Waals surface area (Å²) in [5.74, 6) is 0.226. The molecule has 3 aromatic rings. The summed E-state index contributed by atoms with van der Waals surface area (Å²) in [7, 11) is 0. The molecule has 1 aromatic carbocycles. The summed E-state index contributed by atoms with van der Waals surface area (Å²) in [4.78, 5) is 23.5. The normalized spacial score (nSPS) is 14.4. The topological polar surface area (TPSA) is 46.1 Å². The molecule has 2 aromatic heterocycles. The van der Waals surface area contributed by atoms with Crippen molar-refractivity contribution < 1.29 is 4.79 Å². The molecule has 0 atom stereocenters. The Morgan fingerprint density at radius 2 is 1.93 bits per heavy atom. The molecule has 1 aliphatic rings. The second-order valence-electron chi connectivity index (χ2n) is 7.28. The number of nitrogens with zero attached hydrogens (tertiary/aromatic N) is 3. The van der Waals surface area contributed by atoms with Crippen LogP contribution in [-0.4, -0.2) is 21.9 Å². The van der Waals surface area contributed by atoms with Crippen LogP contribution in [0.3, 0.4) is 0 Å². The number of hydrogen-bond donors (Lipinski definition) is 0. The van der Waals surface area contributed by atoms with Crippen molar-refractivity contribution in [2.45, 2.75) is 46.1 Å². The Kier molecular flexibility index (Phi) is 4.79. The zero-order valence-electron chi connectivity index (χ0n) is 15.9. The Labute approximate surface area is 163 Å². The first-order chi connectivity index (χ1) is 13.0. The fourth-order valence-corrected chi connectivity index (χ4v) is 4.54. The highest BCUT2D eigenvalue weighted by atomic mass is 32.1. The van der Waals surface area contributed by atoms with Crippen molar-refractivity contribution in [3.05, 3.63) is 53.2 Å². The molecule has 4 nitrogen and oxygen atoms in total. The summed E-state index contributed by atoms with van der Waals surface area (Å²) in [5, 5.41) is 3.12. The van der Waals surface area contributed by atoms with Crippen LogP contribution in [-0.2, 0) is 11.2 Å². The molecule has 27 heavy (non-hydrogen) atoms. The van der Waals surface area contributed by atoms with E-state index >= 15 is 0 Å². The molecule has 0 radical (unpaired) electrons. The number of carbonyl (C=O) groups is 1. The number of pyridine rings is 1. The lowest BCUT2D eigenvalue weighted by Crippen LogP contribution is -2.36. The highest BCUT2D eigenvalue weighted by Crippen LogP contribution is 2.36. The third kappa shape index (κ3) is 3.39. The van der Waals surface area contributed by atoms with Crippen LogP contribution < -0.4 is 4.90 Å². The summed E-state index contributed by atoms with van der Waals surface area (Å²) in [6, 6.07) is 8.54. The third-order valence-corrected chi connectivity index (χ3v) is 5.91. The molecule has 0 aliphatic carbocycles. The highest BCUT2D eigenvalue weighted by molar-refractivity contribution is 7.13. The number of thiazole rings is 1. The number of anilines is 1. The second kappa shape index (κ2) is 7.24. The molecule has 1 amide bonds. The van der Waals surface area contributed by atoms with Crippen LogP contribution in [0.4, 0.5) is 5.69 Å². The fraction of sp³-hybridized carbons (Fsp3) is 0.318. The van der Waals surface area contributed by atoms with E-state index in [1.807, 2.05) is 17.0 Å². The van der Waals surface area contributed by atoms with Gasteiger partial charge < -0.3 is 4.90 Å². The SMILES string of the molecule is Cc1cc2c(cc1-c1csc(-c3ccncc3)n1)CCCC(=O)N2C(C)C. The van der Waals surface area contributed by atoms with Gasteiger partial charge in [-0.2, -0.15) is 0 Å². The maximum atomic E-state index is 12.6. The van der Waals surface area contributed by atoms with Crippen molar-refractivity contribution in [3.63, 3.8) is 0 Å². The summed E-state index contributed by atoms with van der Waals surface area (Å²) < 4.78 is 0. The average molecular weight is 378 g/mol. The van der Waals surface area contributed by atoms with E-state index in [1.165, 1.54) is 5.56 Å². The minimum atomic E-state index is 0.164. The summed E-state index contributed by atoms with van der Waals surface area (Å²) in [5.41, 5.74) is 6.71. The van der Waals surface area contributed by atoms with E-state index < -0.39 is 0 Å². The standard InChI is InChI=1S/C22H23N3OS/c1-14(2)25-20-11-15(3)18(12-17(20)5-4-6-21(25)26)19-13-27-22(24-19)16-7-9-23-10-8-16/h7-14H,4-6H2,1-3H3. The van der Waals surface area contributed by atoms with Gasteiger partial charge in [-0.15, -0.1) is 11.3 Å². The van der Waals surface area contributed by atoms with Crippen LogP contribution in [0.15, 0.2) is 42.0 Å². The lowest BCUT2D eigenvalue weighted by Gasteiger charge is -2.28. The molecule has 0 saturated heterocycles. The Bertz CT molecular complexity index is 978. The van der Waals surface area contributed by atoms with Crippen LogP contribution in [0, 0.1) is 6.92 Å². The second-order valence-corrected chi connectivity index (χ2v) is 8.14. The van der Waals surface area contributed by atoms with Gasteiger partial charge in [0.2, 0.25) is 5.91 Å². The van der Waals surface area contributed by atoms with E-state index in [0.717, 1.165) is 45.9 Å². The van der Waals surface area contributed by atoms with E-state index in [1.54, 1.807) is 23.7 Å². The first-order valence-corrected chi connectivity index (χ1v) is 10.2. The van der Waals surface area contributed by atoms with E-state index in [0.29, 0.717) is 6.42 Å². The van der Waals surface area contributed by atoms with E-state index in [4.69, 9.17) is 4.98 Å². The first kappa shape index (κ1) is 17.9. The van der Waals surface area contributed by atoms with Crippen molar-refractivity contribution >= 4 is 22.9 Å².